The third-order valence-corrected chi connectivity index (χ3v) is 2.38. The van der Waals surface area contributed by atoms with Crippen LogP contribution in [0.3, 0.4) is 0 Å². The lowest BCUT2D eigenvalue weighted by molar-refractivity contribution is 0.150. The van der Waals surface area contributed by atoms with Crippen molar-refractivity contribution in [2.24, 2.45) is 0 Å². The zero-order chi connectivity index (χ0) is 10.3. The van der Waals surface area contributed by atoms with E-state index in [2.05, 4.69) is 4.74 Å². The van der Waals surface area contributed by atoms with Gasteiger partial charge in [0.15, 0.2) is 9.99 Å². The van der Waals surface area contributed by atoms with Crippen LogP contribution in [0.4, 0.5) is 4.79 Å². The highest BCUT2D eigenvalue weighted by Crippen LogP contribution is 1.89. The van der Waals surface area contributed by atoms with Gasteiger partial charge in [-0.25, -0.2) is 13.7 Å². The number of amides is 1. The van der Waals surface area contributed by atoms with Crippen LogP contribution >= 0.6 is 0 Å². The van der Waals surface area contributed by atoms with Crippen molar-refractivity contribution in [1.29, 1.82) is 0 Å². The summed E-state index contributed by atoms with van der Waals surface area (Å²) >= 11 is 0. The standard InChI is InChI=1S/C7H15NO4S/c1-3-5-6-12-7(9)8-13(10,11)4-2/h4H,3,5-6H2,1-2H3,(H2,8,9,10,11). The van der Waals surface area contributed by atoms with Crippen LogP contribution in [0, 0.1) is 0 Å². The van der Waals surface area contributed by atoms with Crippen molar-refractivity contribution in [1.82, 2.24) is 4.72 Å². The zero-order valence-corrected chi connectivity index (χ0v) is 8.60. The molecule has 5 nitrogen and oxygen atoms in total. The first-order valence-electron chi connectivity index (χ1n) is 4.02. The summed E-state index contributed by atoms with van der Waals surface area (Å²) in [5, 5.41) is 1.01. The van der Waals surface area contributed by atoms with Crippen molar-refractivity contribution in [3.8, 4) is 0 Å². The number of rotatable bonds is 4. The van der Waals surface area contributed by atoms with E-state index < -0.39 is 16.1 Å². The summed E-state index contributed by atoms with van der Waals surface area (Å²) in [4.78, 5) is 10.8. The van der Waals surface area contributed by atoms with Gasteiger partial charge in [0.2, 0.25) is 0 Å². The zero-order valence-electron chi connectivity index (χ0n) is 7.78. The Labute approximate surface area is 78.4 Å². The molecule has 0 rings (SSSR count). The summed E-state index contributed by atoms with van der Waals surface area (Å²) < 4.78 is 26.2. The Kier molecular flexibility index (Phi) is 5.48. The van der Waals surface area contributed by atoms with E-state index in [9.17, 15) is 9.00 Å². The summed E-state index contributed by atoms with van der Waals surface area (Å²) in [6, 6.07) is 0. The van der Waals surface area contributed by atoms with Gasteiger partial charge >= 0.3 is 6.09 Å². The van der Waals surface area contributed by atoms with Gasteiger partial charge in [-0.15, -0.1) is 0 Å². The van der Waals surface area contributed by atoms with E-state index >= 15 is 0 Å². The van der Waals surface area contributed by atoms with Crippen molar-refractivity contribution >= 4 is 21.4 Å². The molecule has 0 aromatic carbocycles. The van der Waals surface area contributed by atoms with Crippen LogP contribution in [0.25, 0.3) is 0 Å². The SMILES string of the molecule is CC=S(=O)(O)NC(=O)OCCCC. The molecule has 0 aromatic heterocycles. The normalized spacial score (nSPS) is 14.4. The van der Waals surface area contributed by atoms with Crippen LogP contribution in [0.5, 0.6) is 0 Å². The van der Waals surface area contributed by atoms with Gasteiger partial charge in [-0.2, -0.15) is 0 Å². The van der Waals surface area contributed by atoms with Crippen LogP contribution in [-0.2, 0) is 14.7 Å². The predicted molar refractivity (Wildman–Crippen MR) is 51.9 cm³/mol. The highest BCUT2D eigenvalue weighted by atomic mass is 32.2. The molecule has 0 saturated heterocycles. The summed E-state index contributed by atoms with van der Waals surface area (Å²) in [7, 11) is -3.36. The second-order valence-electron chi connectivity index (χ2n) is 2.40. The second-order valence-corrected chi connectivity index (χ2v) is 4.21. The van der Waals surface area contributed by atoms with Crippen LogP contribution in [0.15, 0.2) is 0 Å². The van der Waals surface area contributed by atoms with Crippen molar-refractivity contribution in [2.45, 2.75) is 26.7 Å². The molecule has 1 atom stereocenters. The van der Waals surface area contributed by atoms with E-state index in [1.807, 2.05) is 11.6 Å². The van der Waals surface area contributed by atoms with Crippen molar-refractivity contribution < 1.29 is 18.3 Å². The minimum atomic E-state index is -3.36. The average molecular weight is 209 g/mol. The lowest BCUT2D eigenvalue weighted by atomic mass is 10.4. The van der Waals surface area contributed by atoms with Crippen LogP contribution in [-0.4, -0.2) is 26.8 Å². The quantitative estimate of drug-likeness (QED) is 0.535. The summed E-state index contributed by atoms with van der Waals surface area (Å²) in [6.45, 7) is 3.60. The van der Waals surface area contributed by atoms with E-state index in [1.54, 1.807) is 0 Å². The molecular formula is C7H15NO4S. The Bertz CT molecular complexity index is 268. The minimum Gasteiger partial charge on any atom is -0.449 e. The molecule has 13 heavy (non-hydrogen) atoms. The molecule has 1 unspecified atom stereocenters. The van der Waals surface area contributed by atoms with Crippen LogP contribution in [0.1, 0.15) is 26.7 Å². The molecule has 0 bridgehead atoms. The fourth-order valence-corrected chi connectivity index (χ4v) is 0.933. The van der Waals surface area contributed by atoms with Crippen molar-refractivity contribution in [3.63, 3.8) is 0 Å². The summed E-state index contributed by atoms with van der Waals surface area (Å²) in [5.74, 6) is 0. The molecule has 6 heteroatoms. The topological polar surface area (TPSA) is 75.6 Å². The number of hydrogen-bond donors (Lipinski definition) is 2. The van der Waals surface area contributed by atoms with Crippen LogP contribution < -0.4 is 4.72 Å². The number of nitrogens with one attached hydrogen (secondary N) is 1. The van der Waals surface area contributed by atoms with E-state index in [0.717, 1.165) is 18.2 Å². The highest BCUT2D eigenvalue weighted by Gasteiger charge is 2.06. The maximum Gasteiger partial charge on any atom is 0.420 e. The number of carbonyl (C=O) groups excluding carboxylic acids is 1. The van der Waals surface area contributed by atoms with Gasteiger partial charge in [0.1, 0.15) is 0 Å². The predicted octanol–water partition coefficient (Wildman–Crippen LogP) is 1.01. The largest absolute Gasteiger partial charge is 0.449 e. The van der Waals surface area contributed by atoms with Crippen molar-refractivity contribution in [2.75, 3.05) is 6.61 Å². The van der Waals surface area contributed by atoms with E-state index in [4.69, 9.17) is 4.55 Å². The molecule has 78 valence electrons. The molecule has 0 heterocycles. The third kappa shape index (κ3) is 6.41. The van der Waals surface area contributed by atoms with Gasteiger partial charge in [-0.1, -0.05) is 13.3 Å². The fraction of sp³-hybridized carbons (Fsp3) is 0.714. The Morgan fingerprint density at radius 3 is 2.77 bits per heavy atom. The molecule has 0 radical (unpaired) electrons. The first kappa shape index (κ1) is 12.2. The summed E-state index contributed by atoms with van der Waals surface area (Å²) in [6.07, 6.45) is 0.788. The molecule has 0 aliphatic carbocycles. The molecule has 0 aromatic rings. The monoisotopic (exact) mass is 209 g/mol. The van der Waals surface area contributed by atoms with Gasteiger partial charge in [0.05, 0.1) is 6.61 Å². The van der Waals surface area contributed by atoms with Gasteiger partial charge in [-0.05, 0) is 13.3 Å². The molecule has 0 fully saturated rings. The fourth-order valence-electron chi connectivity index (χ4n) is 0.517. The highest BCUT2D eigenvalue weighted by molar-refractivity contribution is 7.94. The third-order valence-electron chi connectivity index (χ3n) is 1.28. The van der Waals surface area contributed by atoms with Gasteiger partial charge in [-0.3, -0.25) is 4.55 Å². The lowest BCUT2D eigenvalue weighted by Crippen LogP contribution is -2.31. The van der Waals surface area contributed by atoms with Gasteiger partial charge in [0.25, 0.3) is 0 Å². The Hall–Kier alpha value is -0.750. The van der Waals surface area contributed by atoms with Crippen molar-refractivity contribution in [3.05, 3.63) is 0 Å². The maximum atomic E-state index is 10.9. The molecule has 0 aliphatic rings. The molecule has 1 amide bonds. The lowest BCUT2D eigenvalue weighted by Gasteiger charge is -2.06. The molecular weight excluding hydrogens is 194 g/mol. The molecule has 0 aliphatic heterocycles. The van der Waals surface area contributed by atoms with E-state index in [1.165, 1.54) is 6.92 Å². The van der Waals surface area contributed by atoms with E-state index in [0.29, 0.717) is 0 Å². The smallest absolute Gasteiger partial charge is 0.420 e. The number of unbranched alkanes of at least 4 members (excludes halogenated alkanes) is 1. The number of carbonyl (C=O) groups is 1. The minimum absolute atomic E-state index is 0.265. The molecule has 0 spiro atoms. The summed E-state index contributed by atoms with van der Waals surface area (Å²) in [5.41, 5.74) is 0. The van der Waals surface area contributed by atoms with E-state index in [-0.39, 0.29) is 6.61 Å². The first-order chi connectivity index (χ1) is 6.02. The Morgan fingerprint density at radius 1 is 1.69 bits per heavy atom. The van der Waals surface area contributed by atoms with Crippen LogP contribution in [0.2, 0.25) is 0 Å². The van der Waals surface area contributed by atoms with Gasteiger partial charge < -0.3 is 4.74 Å². The number of ether oxygens (including phenoxy) is 1. The molecule has 0 saturated carbocycles. The Balaban J connectivity index is 3.83. The number of hydrogen-bond acceptors (Lipinski definition) is 3. The maximum absolute atomic E-state index is 10.9. The Morgan fingerprint density at radius 2 is 2.31 bits per heavy atom. The second kappa shape index (κ2) is 5.82. The molecule has 2 N–H and O–H groups in total. The van der Waals surface area contributed by atoms with Gasteiger partial charge in [0, 0.05) is 5.37 Å². The average Bonchev–Trinajstić information content (AvgIpc) is 2.04. The first-order valence-corrected chi connectivity index (χ1v) is 5.60.